The maximum absolute atomic E-state index is 12.5. The number of benzene rings is 2. The molecule has 1 unspecified atom stereocenters. The minimum atomic E-state index is -1.18. The van der Waals surface area contributed by atoms with Crippen LogP contribution in [0.15, 0.2) is 67.0 Å². The Labute approximate surface area is 242 Å². The van der Waals surface area contributed by atoms with E-state index in [9.17, 15) is 14.7 Å². The third kappa shape index (κ3) is 8.05. The summed E-state index contributed by atoms with van der Waals surface area (Å²) in [5, 5.41) is 21.2. The van der Waals surface area contributed by atoms with E-state index in [2.05, 4.69) is 21.4 Å². The third-order valence-electron chi connectivity index (χ3n) is 4.92. The standard InChI is InChI=1S/C25H21Cl2N5O3.Na.H/c26-19-6-2-7-20(27)22(19)23(33)31-21(24(34)35)8-1-5-17-9-11-18(12-10-17)32(16-3-13-28)25-29-14-4-15-30-25;;/h1-2,4-7,9-12,14-15,21H,3,8,16H2,(H,31,33)(H,34,35);;/q;+1;-1/b5-1+;;. The van der Waals surface area contributed by atoms with Gasteiger partial charge in [-0.25, -0.2) is 14.8 Å². The molecule has 0 fully saturated rings. The average Bonchev–Trinajstić information content (AvgIpc) is 2.85. The van der Waals surface area contributed by atoms with E-state index in [1.807, 2.05) is 29.2 Å². The van der Waals surface area contributed by atoms with Gasteiger partial charge in [-0.2, -0.15) is 5.26 Å². The van der Waals surface area contributed by atoms with Crippen molar-refractivity contribution in [2.24, 2.45) is 0 Å². The molecule has 0 aliphatic carbocycles. The van der Waals surface area contributed by atoms with Gasteiger partial charge in [-0.3, -0.25) is 4.79 Å². The van der Waals surface area contributed by atoms with Gasteiger partial charge in [0.05, 0.1) is 28.1 Å². The normalized spacial score (nSPS) is 11.2. The van der Waals surface area contributed by atoms with E-state index >= 15 is 0 Å². The summed E-state index contributed by atoms with van der Waals surface area (Å²) >= 11 is 12.1. The van der Waals surface area contributed by atoms with Crippen LogP contribution < -0.4 is 39.8 Å². The van der Waals surface area contributed by atoms with Crippen LogP contribution in [0.1, 0.15) is 30.2 Å². The van der Waals surface area contributed by atoms with Crippen LogP contribution in [0.2, 0.25) is 10.0 Å². The van der Waals surface area contributed by atoms with Gasteiger partial charge in [-0.15, -0.1) is 0 Å². The zero-order valence-electron chi connectivity index (χ0n) is 20.4. The van der Waals surface area contributed by atoms with Crippen LogP contribution in [0.4, 0.5) is 11.6 Å². The fraction of sp³-hybridized carbons (Fsp3) is 0.160. The van der Waals surface area contributed by atoms with E-state index in [0.717, 1.165) is 11.3 Å². The number of hydrogen-bond donors (Lipinski definition) is 2. The molecule has 36 heavy (non-hydrogen) atoms. The van der Waals surface area contributed by atoms with Crippen molar-refractivity contribution in [2.45, 2.75) is 18.9 Å². The maximum Gasteiger partial charge on any atom is 1.00 e. The summed E-state index contributed by atoms with van der Waals surface area (Å²) in [6.45, 7) is 0.436. The smallest absolute Gasteiger partial charge is 1.00 e. The topological polar surface area (TPSA) is 119 Å². The number of anilines is 2. The Morgan fingerprint density at radius 1 is 1.11 bits per heavy atom. The van der Waals surface area contributed by atoms with Crippen molar-refractivity contribution < 1.29 is 45.7 Å². The zero-order valence-corrected chi connectivity index (χ0v) is 22.9. The number of rotatable bonds is 10. The van der Waals surface area contributed by atoms with E-state index in [1.165, 1.54) is 12.1 Å². The molecule has 0 spiro atoms. The summed E-state index contributed by atoms with van der Waals surface area (Å²) in [5.74, 6) is -1.35. The number of carbonyl (C=O) groups excluding carboxylic acids is 1. The number of carbonyl (C=O) groups is 2. The largest absolute Gasteiger partial charge is 1.00 e. The number of carboxylic acids is 1. The molecule has 1 atom stereocenters. The summed E-state index contributed by atoms with van der Waals surface area (Å²) in [7, 11) is 0. The number of aromatic nitrogens is 2. The van der Waals surface area contributed by atoms with Crippen molar-refractivity contribution in [3.8, 4) is 6.07 Å². The molecule has 0 saturated heterocycles. The second-order valence-corrected chi connectivity index (χ2v) is 8.11. The molecule has 180 valence electrons. The predicted molar refractivity (Wildman–Crippen MR) is 136 cm³/mol. The number of amides is 1. The molecular weight excluding hydrogens is 512 g/mol. The quantitative estimate of drug-likeness (QED) is 0.383. The molecule has 0 aliphatic heterocycles. The SMILES string of the molecule is N#CCCN(c1ccc(/C=C/CC(NC(=O)c2c(Cl)cccc2Cl)C(=O)O)cc1)c1ncccn1.[H-].[Na+]. The first-order valence-electron chi connectivity index (χ1n) is 10.6. The monoisotopic (exact) mass is 533 g/mol. The summed E-state index contributed by atoms with van der Waals surface area (Å²) in [5.41, 5.74) is 1.67. The molecule has 3 rings (SSSR count). The van der Waals surface area contributed by atoms with Crippen LogP contribution in [0.5, 0.6) is 0 Å². The van der Waals surface area contributed by atoms with Gasteiger partial charge in [-0.1, -0.05) is 53.6 Å². The van der Waals surface area contributed by atoms with Crippen LogP contribution in [0.25, 0.3) is 6.08 Å². The minimum Gasteiger partial charge on any atom is -1.00 e. The number of nitriles is 1. The minimum absolute atomic E-state index is 0. The molecule has 2 N–H and O–H groups in total. The molecule has 0 radical (unpaired) electrons. The van der Waals surface area contributed by atoms with E-state index in [0.29, 0.717) is 18.9 Å². The third-order valence-corrected chi connectivity index (χ3v) is 5.55. The number of carboxylic acid groups (broad SMARTS) is 1. The Balaban J connectivity index is 0.00000342. The second kappa shape index (κ2) is 14.6. The number of nitrogens with one attached hydrogen (secondary N) is 1. The molecule has 8 nitrogen and oxygen atoms in total. The number of nitrogens with zero attached hydrogens (tertiary/aromatic N) is 4. The zero-order chi connectivity index (χ0) is 25.2. The Bertz CT molecular complexity index is 1240. The first-order chi connectivity index (χ1) is 16.9. The van der Waals surface area contributed by atoms with E-state index < -0.39 is 17.9 Å². The van der Waals surface area contributed by atoms with Gasteiger partial charge in [0, 0.05) is 24.6 Å². The Morgan fingerprint density at radius 2 is 1.75 bits per heavy atom. The molecule has 1 heterocycles. The van der Waals surface area contributed by atoms with Crippen LogP contribution in [-0.2, 0) is 4.79 Å². The van der Waals surface area contributed by atoms with Gasteiger partial charge >= 0.3 is 35.5 Å². The molecule has 11 heteroatoms. The number of hydrogen-bond acceptors (Lipinski definition) is 6. The van der Waals surface area contributed by atoms with Crippen LogP contribution in [0, 0.1) is 11.3 Å². The van der Waals surface area contributed by atoms with Gasteiger partial charge in [0.25, 0.3) is 5.91 Å². The fourth-order valence-electron chi connectivity index (χ4n) is 3.21. The van der Waals surface area contributed by atoms with Crippen LogP contribution in [-0.4, -0.2) is 39.5 Å². The average molecular weight is 534 g/mol. The van der Waals surface area contributed by atoms with Crippen molar-refractivity contribution >= 4 is 52.8 Å². The molecule has 1 amide bonds. The van der Waals surface area contributed by atoms with Crippen molar-refractivity contribution in [2.75, 3.05) is 11.4 Å². The summed E-state index contributed by atoms with van der Waals surface area (Å²) in [6, 6.07) is 14.7. The van der Waals surface area contributed by atoms with Gasteiger partial charge in [0.1, 0.15) is 6.04 Å². The van der Waals surface area contributed by atoms with E-state index in [-0.39, 0.29) is 53.0 Å². The molecule has 2 aromatic carbocycles. The Morgan fingerprint density at radius 3 is 2.33 bits per heavy atom. The second-order valence-electron chi connectivity index (χ2n) is 7.30. The van der Waals surface area contributed by atoms with Crippen molar-refractivity contribution in [1.82, 2.24) is 15.3 Å². The fourth-order valence-corrected chi connectivity index (χ4v) is 3.78. The number of halogens is 2. The van der Waals surface area contributed by atoms with Crippen molar-refractivity contribution in [1.29, 1.82) is 5.26 Å². The summed E-state index contributed by atoms with van der Waals surface area (Å²) < 4.78 is 0. The summed E-state index contributed by atoms with van der Waals surface area (Å²) in [4.78, 5) is 34.5. The number of aliphatic carboxylic acids is 1. The van der Waals surface area contributed by atoms with E-state index in [1.54, 1.807) is 36.7 Å². The first-order valence-corrected chi connectivity index (χ1v) is 11.3. The van der Waals surface area contributed by atoms with Gasteiger partial charge < -0.3 is 16.7 Å². The molecule has 0 saturated carbocycles. The summed E-state index contributed by atoms with van der Waals surface area (Å²) in [6.07, 6.45) is 7.05. The first kappa shape index (κ1) is 29.3. The molecule has 0 bridgehead atoms. The predicted octanol–water partition coefficient (Wildman–Crippen LogP) is 2.24. The van der Waals surface area contributed by atoms with E-state index in [4.69, 9.17) is 28.5 Å². The maximum atomic E-state index is 12.5. The molecular formula is C25H22Cl2N5NaO3. The Kier molecular flexibility index (Phi) is 11.9. The van der Waals surface area contributed by atoms with Crippen LogP contribution in [0.3, 0.4) is 0 Å². The Hall–Kier alpha value is -2.93. The van der Waals surface area contributed by atoms with Crippen molar-refractivity contribution in [3.05, 3.63) is 88.2 Å². The van der Waals surface area contributed by atoms with Crippen LogP contribution >= 0.6 is 23.2 Å². The van der Waals surface area contributed by atoms with Crippen molar-refractivity contribution in [3.63, 3.8) is 0 Å². The molecule has 3 aromatic rings. The molecule has 0 aliphatic rings. The van der Waals surface area contributed by atoms with Gasteiger partial charge in [-0.05, 0) is 42.3 Å². The molecule has 1 aromatic heterocycles. The van der Waals surface area contributed by atoms with Gasteiger partial charge in [0.2, 0.25) is 5.95 Å². The van der Waals surface area contributed by atoms with Gasteiger partial charge in [0.15, 0.2) is 0 Å².